The third-order valence-corrected chi connectivity index (χ3v) is 6.01. The van der Waals surface area contributed by atoms with E-state index < -0.39 is 0 Å². The summed E-state index contributed by atoms with van der Waals surface area (Å²) in [7, 11) is 0. The first-order valence-electron chi connectivity index (χ1n) is 9.81. The van der Waals surface area contributed by atoms with Gasteiger partial charge in [0.25, 0.3) is 0 Å². The molecule has 0 aliphatic carbocycles. The van der Waals surface area contributed by atoms with Crippen LogP contribution in [0.15, 0.2) is 97.1 Å². The Kier molecular flexibility index (Phi) is 6.32. The number of halogens is 2. The van der Waals surface area contributed by atoms with Gasteiger partial charge < -0.3 is 0 Å². The zero-order valence-corrected chi connectivity index (χ0v) is 17.8. The molecule has 1 nitrogen and oxygen atoms in total. The molecule has 0 radical (unpaired) electrons. The Hall–Kier alpha value is -2.87. The van der Waals surface area contributed by atoms with Crippen molar-refractivity contribution in [1.29, 1.82) is 0 Å². The van der Waals surface area contributed by atoms with Crippen LogP contribution < -0.4 is 0 Å². The summed E-state index contributed by atoms with van der Waals surface area (Å²) in [5, 5.41) is 0.965. The molecule has 0 N–H and O–H groups in total. The molecule has 0 aromatic heterocycles. The molecular weight excluding hydrogens is 411 g/mol. The van der Waals surface area contributed by atoms with E-state index in [9.17, 15) is 4.79 Å². The van der Waals surface area contributed by atoms with Crippen molar-refractivity contribution in [2.24, 2.45) is 0 Å². The molecule has 0 spiro atoms. The predicted molar refractivity (Wildman–Crippen MR) is 125 cm³/mol. The first-order chi connectivity index (χ1) is 14.6. The van der Waals surface area contributed by atoms with Crippen molar-refractivity contribution < 1.29 is 4.79 Å². The maximum Gasteiger partial charge on any atom is 0.196 e. The molecular formula is C27H20Cl2O. The molecule has 0 atom stereocenters. The smallest absolute Gasteiger partial charge is 0.196 e. The van der Waals surface area contributed by atoms with Gasteiger partial charge in [-0.2, -0.15) is 0 Å². The molecule has 0 saturated heterocycles. The number of hydrogen-bond acceptors (Lipinski definition) is 1. The lowest BCUT2D eigenvalue weighted by Crippen LogP contribution is -2.06. The second-order valence-corrected chi connectivity index (χ2v) is 7.97. The lowest BCUT2D eigenvalue weighted by atomic mass is 9.95. The Labute approximate surface area is 186 Å². The minimum atomic E-state index is -0.158. The van der Waals surface area contributed by atoms with Gasteiger partial charge in [0, 0.05) is 11.1 Å². The summed E-state index contributed by atoms with van der Waals surface area (Å²) in [4.78, 5) is 13.3. The average molecular weight is 431 g/mol. The van der Waals surface area contributed by atoms with E-state index in [1.807, 2.05) is 60.7 Å². The van der Waals surface area contributed by atoms with Gasteiger partial charge in [0.15, 0.2) is 5.78 Å². The standard InChI is InChI=1S/C27H20Cl2O/c28-25-21(17-19-9-3-1-4-10-19)13-7-15-23(25)27(30)24-16-8-14-22(26(24)29)18-20-11-5-2-6-12-20/h1-16H,17-18H2. The van der Waals surface area contributed by atoms with E-state index in [4.69, 9.17) is 23.2 Å². The number of rotatable bonds is 6. The monoisotopic (exact) mass is 430 g/mol. The van der Waals surface area contributed by atoms with Gasteiger partial charge in [-0.3, -0.25) is 4.79 Å². The van der Waals surface area contributed by atoms with Crippen LogP contribution in [0.25, 0.3) is 0 Å². The van der Waals surface area contributed by atoms with Crippen molar-refractivity contribution >= 4 is 29.0 Å². The zero-order valence-electron chi connectivity index (χ0n) is 16.3. The minimum absolute atomic E-state index is 0.158. The summed E-state index contributed by atoms with van der Waals surface area (Å²) < 4.78 is 0. The topological polar surface area (TPSA) is 17.1 Å². The largest absolute Gasteiger partial charge is 0.288 e. The summed E-state index contributed by atoms with van der Waals surface area (Å²) >= 11 is 13.3. The molecule has 30 heavy (non-hydrogen) atoms. The fraction of sp³-hybridized carbons (Fsp3) is 0.0741. The van der Waals surface area contributed by atoms with Crippen LogP contribution in [0, 0.1) is 0 Å². The maximum atomic E-state index is 13.3. The number of carbonyl (C=O) groups excluding carboxylic acids is 1. The Bertz CT molecular complexity index is 1080. The first-order valence-corrected chi connectivity index (χ1v) is 10.6. The maximum absolute atomic E-state index is 13.3. The van der Waals surface area contributed by atoms with Crippen molar-refractivity contribution in [3.05, 3.63) is 140 Å². The van der Waals surface area contributed by atoms with Gasteiger partial charge in [-0.15, -0.1) is 0 Å². The third kappa shape index (κ3) is 4.48. The summed E-state index contributed by atoms with van der Waals surface area (Å²) in [6, 6.07) is 31.3. The van der Waals surface area contributed by atoms with Crippen molar-refractivity contribution in [2.75, 3.05) is 0 Å². The van der Waals surface area contributed by atoms with Crippen LogP contribution in [-0.2, 0) is 12.8 Å². The second kappa shape index (κ2) is 9.30. The highest BCUT2D eigenvalue weighted by Crippen LogP contribution is 2.30. The van der Waals surface area contributed by atoms with E-state index in [0.717, 1.165) is 22.3 Å². The van der Waals surface area contributed by atoms with E-state index >= 15 is 0 Å². The molecule has 0 unspecified atom stereocenters. The van der Waals surface area contributed by atoms with Crippen molar-refractivity contribution in [3.8, 4) is 0 Å². The lowest BCUT2D eigenvalue weighted by Gasteiger charge is -2.12. The van der Waals surface area contributed by atoms with Gasteiger partial charge in [-0.1, -0.05) is 108 Å². The summed E-state index contributed by atoms with van der Waals surface area (Å²) in [5.41, 5.74) is 5.09. The molecule has 0 saturated carbocycles. The SMILES string of the molecule is O=C(c1cccc(Cc2ccccc2)c1Cl)c1cccc(Cc2ccccc2)c1Cl. The van der Waals surface area contributed by atoms with Crippen molar-refractivity contribution in [1.82, 2.24) is 0 Å². The molecule has 0 aliphatic heterocycles. The normalized spacial score (nSPS) is 10.7. The van der Waals surface area contributed by atoms with E-state index in [1.54, 1.807) is 12.1 Å². The number of benzene rings is 4. The van der Waals surface area contributed by atoms with Crippen LogP contribution in [0.2, 0.25) is 10.0 Å². The second-order valence-electron chi connectivity index (χ2n) is 7.21. The van der Waals surface area contributed by atoms with E-state index in [-0.39, 0.29) is 5.78 Å². The average Bonchev–Trinajstić information content (AvgIpc) is 2.78. The molecule has 4 aromatic rings. The fourth-order valence-corrected chi connectivity index (χ4v) is 4.12. The molecule has 0 fully saturated rings. The van der Waals surface area contributed by atoms with E-state index in [0.29, 0.717) is 34.0 Å². The van der Waals surface area contributed by atoms with Crippen LogP contribution >= 0.6 is 23.2 Å². The molecule has 0 bridgehead atoms. The van der Waals surface area contributed by atoms with Crippen LogP contribution in [0.4, 0.5) is 0 Å². The first kappa shape index (κ1) is 20.4. The van der Waals surface area contributed by atoms with Crippen LogP contribution in [0.5, 0.6) is 0 Å². The van der Waals surface area contributed by atoms with Crippen molar-refractivity contribution in [2.45, 2.75) is 12.8 Å². The van der Waals surface area contributed by atoms with Gasteiger partial charge in [-0.05, 0) is 47.2 Å². The lowest BCUT2D eigenvalue weighted by molar-refractivity contribution is 0.103. The number of ketones is 1. The van der Waals surface area contributed by atoms with Gasteiger partial charge in [-0.25, -0.2) is 0 Å². The number of carbonyl (C=O) groups is 1. The molecule has 0 heterocycles. The van der Waals surface area contributed by atoms with Crippen molar-refractivity contribution in [3.63, 3.8) is 0 Å². The van der Waals surface area contributed by atoms with Gasteiger partial charge in [0.05, 0.1) is 10.0 Å². The molecule has 0 aliphatic rings. The highest BCUT2D eigenvalue weighted by atomic mass is 35.5. The van der Waals surface area contributed by atoms with Gasteiger partial charge >= 0.3 is 0 Å². The molecule has 4 rings (SSSR count). The van der Waals surface area contributed by atoms with Gasteiger partial charge in [0.2, 0.25) is 0 Å². The van der Waals surface area contributed by atoms with Crippen LogP contribution in [0.1, 0.15) is 38.2 Å². The third-order valence-electron chi connectivity index (χ3n) is 5.12. The zero-order chi connectivity index (χ0) is 20.9. The van der Waals surface area contributed by atoms with E-state index in [2.05, 4.69) is 24.3 Å². The Morgan fingerprint density at radius 2 is 0.933 bits per heavy atom. The summed E-state index contributed by atoms with van der Waals surface area (Å²) in [6.45, 7) is 0. The Balaban J connectivity index is 1.65. The van der Waals surface area contributed by atoms with E-state index in [1.165, 1.54) is 0 Å². The Morgan fingerprint density at radius 1 is 0.533 bits per heavy atom. The molecule has 4 aromatic carbocycles. The molecule has 3 heteroatoms. The minimum Gasteiger partial charge on any atom is -0.288 e. The Morgan fingerprint density at radius 3 is 1.33 bits per heavy atom. The quantitative estimate of drug-likeness (QED) is 0.291. The predicted octanol–water partition coefficient (Wildman–Crippen LogP) is 7.41. The van der Waals surface area contributed by atoms with Crippen LogP contribution in [-0.4, -0.2) is 5.78 Å². The molecule has 148 valence electrons. The fourth-order valence-electron chi connectivity index (χ4n) is 3.56. The molecule has 0 amide bonds. The van der Waals surface area contributed by atoms with Crippen LogP contribution in [0.3, 0.4) is 0 Å². The highest BCUT2D eigenvalue weighted by Gasteiger charge is 2.19. The highest BCUT2D eigenvalue weighted by molar-refractivity contribution is 6.39. The number of hydrogen-bond donors (Lipinski definition) is 0. The summed E-state index contributed by atoms with van der Waals surface area (Å²) in [6.07, 6.45) is 1.34. The van der Waals surface area contributed by atoms with Gasteiger partial charge in [0.1, 0.15) is 0 Å². The summed E-state index contributed by atoms with van der Waals surface area (Å²) in [5.74, 6) is -0.158.